The van der Waals surface area contributed by atoms with Crippen LogP contribution in [0.25, 0.3) is 0 Å². The normalized spacial score (nSPS) is 12.5. The van der Waals surface area contributed by atoms with Gasteiger partial charge in [0.05, 0.1) is 39.0 Å². The number of amides is 3. The molecule has 6 nitrogen and oxygen atoms in total. The Balaban J connectivity index is 1.54. The van der Waals surface area contributed by atoms with E-state index < -0.39 is 17.7 Å². The number of carbonyl (C=O) groups is 3. The fourth-order valence-electron chi connectivity index (χ4n) is 3.44. The summed E-state index contributed by atoms with van der Waals surface area (Å²) in [7, 11) is 0. The minimum absolute atomic E-state index is 0.0482. The molecule has 0 aromatic heterocycles. The first-order valence-electron chi connectivity index (χ1n) is 9.95. The maximum absolute atomic E-state index is 13.4. The summed E-state index contributed by atoms with van der Waals surface area (Å²) >= 11 is 23.9. The molecule has 3 amide bonds. The SMILES string of the molecule is O=C1c2ccccc2C(=O)N1CCOC(=S)N(C(=O)c1c(Cl)cccc1Cl)c1ccc(Cl)cc1. The van der Waals surface area contributed by atoms with E-state index in [1.165, 1.54) is 12.1 Å². The Morgan fingerprint density at radius 1 is 0.853 bits per heavy atom. The van der Waals surface area contributed by atoms with Crippen molar-refractivity contribution >= 4 is 75.6 Å². The number of ether oxygens (including phenoxy) is 1. The van der Waals surface area contributed by atoms with E-state index in [-0.39, 0.29) is 33.9 Å². The number of hydrogen-bond acceptors (Lipinski definition) is 5. The van der Waals surface area contributed by atoms with Crippen molar-refractivity contribution in [3.8, 4) is 0 Å². The predicted octanol–water partition coefficient (Wildman–Crippen LogP) is 5.89. The molecule has 0 aliphatic carbocycles. The van der Waals surface area contributed by atoms with Crippen molar-refractivity contribution in [1.82, 2.24) is 4.90 Å². The summed E-state index contributed by atoms with van der Waals surface area (Å²) in [5.41, 5.74) is 1.09. The van der Waals surface area contributed by atoms with Crippen molar-refractivity contribution in [3.63, 3.8) is 0 Å². The highest BCUT2D eigenvalue weighted by Crippen LogP contribution is 2.29. The molecule has 34 heavy (non-hydrogen) atoms. The number of imide groups is 1. The first-order valence-corrected chi connectivity index (χ1v) is 11.5. The molecule has 1 aliphatic heterocycles. The predicted molar refractivity (Wildman–Crippen MR) is 135 cm³/mol. The van der Waals surface area contributed by atoms with Crippen LogP contribution in [0.1, 0.15) is 31.1 Å². The zero-order valence-corrected chi connectivity index (χ0v) is 20.4. The van der Waals surface area contributed by atoms with Crippen LogP contribution in [0.2, 0.25) is 15.1 Å². The lowest BCUT2D eigenvalue weighted by Crippen LogP contribution is -2.40. The molecule has 1 aliphatic rings. The van der Waals surface area contributed by atoms with Gasteiger partial charge in [0.15, 0.2) is 0 Å². The fourth-order valence-corrected chi connectivity index (χ4v) is 4.40. The fraction of sp³-hybridized carbons (Fsp3) is 0.0833. The van der Waals surface area contributed by atoms with Crippen LogP contribution in [0.4, 0.5) is 5.69 Å². The number of nitrogens with zero attached hydrogens (tertiary/aromatic N) is 2. The third-order valence-electron chi connectivity index (χ3n) is 5.07. The highest BCUT2D eigenvalue weighted by atomic mass is 35.5. The Bertz CT molecular complexity index is 1260. The summed E-state index contributed by atoms with van der Waals surface area (Å²) in [5.74, 6) is -1.43. The van der Waals surface area contributed by atoms with Crippen LogP contribution in [-0.4, -0.2) is 40.9 Å². The molecule has 4 rings (SSSR count). The minimum Gasteiger partial charge on any atom is -0.468 e. The molecular formula is C24H15Cl3N2O4S. The van der Waals surface area contributed by atoms with E-state index in [9.17, 15) is 14.4 Å². The van der Waals surface area contributed by atoms with Crippen LogP contribution in [0, 0.1) is 0 Å². The van der Waals surface area contributed by atoms with Crippen molar-refractivity contribution in [2.75, 3.05) is 18.1 Å². The molecule has 0 N–H and O–H groups in total. The van der Waals surface area contributed by atoms with Crippen LogP contribution in [0.3, 0.4) is 0 Å². The van der Waals surface area contributed by atoms with Crippen LogP contribution < -0.4 is 4.90 Å². The van der Waals surface area contributed by atoms with E-state index in [2.05, 4.69) is 0 Å². The van der Waals surface area contributed by atoms with Crippen molar-refractivity contribution in [3.05, 3.63) is 98.5 Å². The number of anilines is 1. The minimum atomic E-state index is -0.608. The maximum Gasteiger partial charge on any atom is 0.271 e. The number of halogens is 3. The Labute approximate surface area is 215 Å². The molecule has 0 bridgehead atoms. The molecule has 0 spiro atoms. The zero-order valence-electron chi connectivity index (χ0n) is 17.3. The van der Waals surface area contributed by atoms with Crippen molar-refractivity contribution < 1.29 is 19.1 Å². The van der Waals surface area contributed by atoms with Crippen molar-refractivity contribution in [1.29, 1.82) is 0 Å². The molecule has 1 heterocycles. The third kappa shape index (κ3) is 4.65. The highest BCUT2D eigenvalue weighted by molar-refractivity contribution is 7.80. The Morgan fingerprint density at radius 3 is 1.97 bits per heavy atom. The van der Waals surface area contributed by atoms with Gasteiger partial charge in [0.2, 0.25) is 0 Å². The molecule has 0 saturated carbocycles. The average molecular weight is 534 g/mol. The van der Waals surface area contributed by atoms with Gasteiger partial charge in [0, 0.05) is 5.02 Å². The van der Waals surface area contributed by atoms with E-state index in [1.807, 2.05) is 0 Å². The molecule has 0 saturated heterocycles. The van der Waals surface area contributed by atoms with Crippen LogP contribution >= 0.6 is 47.0 Å². The first kappa shape index (κ1) is 24.2. The third-order valence-corrected chi connectivity index (χ3v) is 6.25. The molecule has 3 aromatic rings. The number of hydrogen-bond donors (Lipinski definition) is 0. The molecule has 172 valence electrons. The second-order valence-corrected chi connectivity index (χ2v) is 8.74. The lowest BCUT2D eigenvalue weighted by atomic mass is 10.1. The van der Waals surface area contributed by atoms with Gasteiger partial charge in [-0.15, -0.1) is 0 Å². The number of thiocarbonyl (C=S) groups is 1. The summed E-state index contributed by atoms with van der Waals surface area (Å²) in [6.45, 7) is -0.181. The monoisotopic (exact) mass is 532 g/mol. The second kappa shape index (κ2) is 10.1. The van der Waals surface area contributed by atoms with E-state index >= 15 is 0 Å². The van der Waals surface area contributed by atoms with Gasteiger partial charge in [-0.1, -0.05) is 53.0 Å². The smallest absolute Gasteiger partial charge is 0.271 e. The van der Waals surface area contributed by atoms with E-state index in [0.717, 1.165) is 9.80 Å². The molecule has 3 aromatic carbocycles. The Hall–Kier alpha value is -2.97. The largest absolute Gasteiger partial charge is 0.468 e. The lowest BCUT2D eigenvalue weighted by molar-refractivity contribution is 0.0627. The number of carbonyl (C=O) groups excluding carboxylic acids is 3. The van der Waals surface area contributed by atoms with Gasteiger partial charge in [-0.05, 0) is 60.7 Å². The van der Waals surface area contributed by atoms with Gasteiger partial charge >= 0.3 is 0 Å². The Kier molecular flexibility index (Phi) is 7.19. The second-order valence-electron chi connectivity index (χ2n) is 7.14. The van der Waals surface area contributed by atoms with Crippen LogP contribution in [0.5, 0.6) is 0 Å². The van der Waals surface area contributed by atoms with E-state index in [4.69, 9.17) is 51.8 Å². The van der Waals surface area contributed by atoms with Gasteiger partial charge in [-0.3, -0.25) is 19.3 Å². The first-order chi connectivity index (χ1) is 16.3. The summed E-state index contributed by atoms with van der Waals surface area (Å²) in [6.07, 6.45) is 0. The van der Waals surface area contributed by atoms with E-state index in [0.29, 0.717) is 21.8 Å². The molecule has 0 unspecified atom stereocenters. The van der Waals surface area contributed by atoms with Gasteiger partial charge in [-0.25, -0.2) is 4.90 Å². The van der Waals surface area contributed by atoms with Gasteiger partial charge < -0.3 is 4.74 Å². The quantitative estimate of drug-likeness (QED) is 0.302. The van der Waals surface area contributed by atoms with Gasteiger partial charge in [-0.2, -0.15) is 0 Å². The van der Waals surface area contributed by atoms with Crippen LogP contribution in [-0.2, 0) is 4.74 Å². The average Bonchev–Trinajstić information content (AvgIpc) is 3.05. The Morgan fingerprint density at radius 2 is 1.41 bits per heavy atom. The van der Waals surface area contributed by atoms with Crippen LogP contribution in [0.15, 0.2) is 66.7 Å². The maximum atomic E-state index is 13.4. The number of benzene rings is 3. The summed E-state index contributed by atoms with van der Waals surface area (Å²) in [4.78, 5) is 40.7. The molecule has 10 heteroatoms. The van der Waals surface area contributed by atoms with Gasteiger partial charge in [0.1, 0.15) is 6.61 Å². The van der Waals surface area contributed by atoms with Crippen molar-refractivity contribution in [2.45, 2.75) is 0 Å². The lowest BCUT2D eigenvalue weighted by Gasteiger charge is -2.24. The summed E-state index contributed by atoms with van der Waals surface area (Å²) in [6, 6.07) is 17.6. The summed E-state index contributed by atoms with van der Waals surface area (Å²) in [5, 5.41) is 0.542. The standard InChI is InChI=1S/C24H15Cl3N2O4S/c25-14-8-10-15(11-9-14)29(23(32)20-18(26)6-3-7-19(20)27)24(34)33-13-12-28-21(30)16-4-1-2-5-17(16)22(28)31/h1-11H,12-13H2. The summed E-state index contributed by atoms with van der Waals surface area (Å²) < 4.78 is 5.64. The molecule has 0 radical (unpaired) electrons. The molecule has 0 atom stereocenters. The number of rotatable bonds is 5. The molecular weight excluding hydrogens is 519 g/mol. The van der Waals surface area contributed by atoms with Crippen molar-refractivity contribution in [2.24, 2.45) is 0 Å². The van der Waals surface area contributed by atoms with Gasteiger partial charge in [0.25, 0.3) is 22.9 Å². The topological polar surface area (TPSA) is 66.9 Å². The van der Waals surface area contributed by atoms with E-state index in [1.54, 1.807) is 54.6 Å². The highest BCUT2D eigenvalue weighted by Gasteiger charge is 2.35. The number of fused-ring (bicyclic) bond motifs is 1. The molecule has 0 fully saturated rings. The zero-order chi connectivity index (χ0) is 24.4.